The molecular formula is C6H4ClN3O2. The molecule has 0 bridgehead atoms. The van der Waals surface area contributed by atoms with Crippen LogP contribution in [0.5, 0.6) is 0 Å². The molecule has 0 radical (unpaired) electrons. The van der Waals surface area contributed by atoms with Gasteiger partial charge in [0.2, 0.25) is 0 Å². The van der Waals surface area contributed by atoms with Crippen molar-refractivity contribution in [2.24, 2.45) is 0 Å². The minimum atomic E-state index is 0.224. The van der Waals surface area contributed by atoms with Gasteiger partial charge >= 0.3 is 0 Å². The van der Waals surface area contributed by atoms with Gasteiger partial charge in [0.25, 0.3) is 5.89 Å². The highest BCUT2D eigenvalue weighted by atomic mass is 35.5. The average molecular weight is 186 g/mol. The van der Waals surface area contributed by atoms with Gasteiger partial charge in [0.1, 0.15) is 6.26 Å². The first-order valence-corrected chi connectivity index (χ1v) is 3.73. The van der Waals surface area contributed by atoms with Gasteiger partial charge in [0.15, 0.2) is 11.5 Å². The largest absolute Gasteiger partial charge is 0.364 e. The molecule has 0 N–H and O–H groups in total. The van der Waals surface area contributed by atoms with Crippen molar-refractivity contribution in [3.63, 3.8) is 0 Å². The van der Waals surface area contributed by atoms with Gasteiger partial charge in [-0.1, -0.05) is 10.3 Å². The second kappa shape index (κ2) is 2.94. The van der Waals surface area contributed by atoms with Crippen molar-refractivity contribution in [3.05, 3.63) is 18.2 Å². The molecule has 2 aromatic heterocycles. The monoisotopic (exact) mass is 185 g/mol. The minimum Gasteiger partial charge on any atom is -0.364 e. The summed E-state index contributed by atoms with van der Waals surface area (Å²) in [5.74, 6) is 0.982. The summed E-state index contributed by atoms with van der Waals surface area (Å²) in [5, 5.41) is 7.21. The molecule has 0 fully saturated rings. The van der Waals surface area contributed by atoms with Crippen molar-refractivity contribution < 1.29 is 9.05 Å². The number of rotatable bonds is 2. The fourth-order valence-corrected chi connectivity index (χ4v) is 0.844. The average Bonchev–Trinajstić information content (AvgIpc) is 2.75. The molecule has 0 aliphatic carbocycles. The summed E-state index contributed by atoms with van der Waals surface area (Å²) in [4.78, 5) is 3.94. The first kappa shape index (κ1) is 7.30. The molecule has 0 amide bonds. The van der Waals surface area contributed by atoms with Gasteiger partial charge in [-0.25, -0.2) is 0 Å². The van der Waals surface area contributed by atoms with E-state index in [0.29, 0.717) is 17.4 Å². The number of nitrogens with zero attached hydrogens (tertiary/aromatic N) is 3. The van der Waals surface area contributed by atoms with Crippen LogP contribution in [0.2, 0.25) is 0 Å². The summed E-state index contributed by atoms with van der Waals surface area (Å²) in [7, 11) is 0. The summed E-state index contributed by atoms with van der Waals surface area (Å²) in [6.45, 7) is 0. The van der Waals surface area contributed by atoms with Crippen molar-refractivity contribution in [2.75, 3.05) is 0 Å². The van der Waals surface area contributed by atoms with Crippen LogP contribution in [0, 0.1) is 0 Å². The third-order valence-corrected chi connectivity index (χ3v) is 1.48. The van der Waals surface area contributed by atoms with Gasteiger partial charge in [-0.15, -0.1) is 11.6 Å². The summed E-state index contributed by atoms with van der Waals surface area (Å²) >= 11 is 5.47. The summed E-state index contributed by atoms with van der Waals surface area (Å²) in [5.41, 5.74) is 0.513. The third-order valence-electron chi connectivity index (χ3n) is 1.24. The van der Waals surface area contributed by atoms with Gasteiger partial charge in [0, 0.05) is 6.07 Å². The predicted octanol–water partition coefficient (Wildman–Crippen LogP) is 1.46. The van der Waals surface area contributed by atoms with Gasteiger partial charge < -0.3 is 9.05 Å². The molecule has 0 atom stereocenters. The van der Waals surface area contributed by atoms with E-state index in [1.54, 1.807) is 6.07 Å². The van der Waals surface area contributed by atoms with Gasteiger partial charge in [-0.3, -0.25) is 0 Å². The summed E-state index contributed by atoms with van der Waals surface area (Å²) in [6.07, 6.45) is 1.43. The number of halogens is 1. The van der Waals surface area contributed by atoms with Crippen molar-refractivity contribution in [2.45, 2.75) is 5.88 Å². The minimum absolute atomic E-state index is 0.224. The molecular weight excluding hydrogens is 182 g/mol. The molecule has 0 aromatic carbocycles. The summed E-state index contributed by atoms with van der Waals surface area (Å²) in [6, 6.07) is 1.63. The number of hydrogen-bond donors (Lipinski definition) is 0. The first-order valence-electron chi connectivity index (χ1n) is 3.19. The second-order valence-corrected chi connectivity index (χ2v) is 2.30. The lowest BCUT2D eigenvalue weighted by molar-refractivity contribution is 0.402. The molecule has 6 heteroatoms. The van der Waals surface area contributed by atoms with Gasteiger partial charge in [0.05, 0.1) is 5.88 Å². The fourth-order valence-electron chi connectivity index (χ4n) is 0.735. The molecule has 0 aliphatic heterocycles. The van der Waals surface area contributed by atoms with Crippen molar-refractivity contribution in [1.29, 1.82) is 0 Å². The first-order chi connectivity index (χ1) is 5.90. The zero-order valence-electron chi connectivity index (χ0n) is 5.90. The zero-order valence-corrected chi connectivity index (χ0v) is 6.65. The highest BCUT2D eigenvalue weighted by Gasteiger charge is 2.09. The Hall–Kier alpha value is -1.36. The van der Waals surface area contributed by atoms with Crippen LogP contribution >= 0.6 is 11.6 Å². The van der Waals surface area contributed by atoms with Crippen molar-refractivity contribution >= 4 is 11.6 Å². The van der Waals surface area contributed by atoms with E-state index in [4.69, 9.17) is 16.1 Å². The number of hydrogen-bond acceptors (Lipinski definition) is 5. The van der Waals surface area contributed by atoms with Crippen LogP contribution in [-0.2, 0) is 5.88 Å². The zero-order chi connectivity index (χ0) is 8.39. The normalized spacial score (nSPS) is 10.4. The van der Waals surface area contributed by atoms with E-state index in [2.05, 4.69) is 19.8 Å². The van der Waals surface area contributed by atoms with Crippen LogP contribution in [0.25, 0.3) is 11.6 Å². The number of aromatic nitrogens is 3. The molecule has 2 aromatic rings. The van der Waals surface area contributed by atoms with Crippen LogP contribution in [0.1, 0.15) is 5.82 Å². The second-order valence-electron chi connectivity index (χ2n) is 2.03. The van der Waals surface area contributed by atoms with Crippen molar-refractivity contribution in [3.8, 4) is 11.6 Å². The Morgan fingerprint density at radius 2 is 2.33 bits per heavy atom. The highest BCUT2D eigenvalue weighted by molar-refractivity contribution is 6.16. The van der Waals surface area contributed by atoms with E-state index in [1.165, 1.54) is 6.26 Å². The molecule has 2 heterocycles. The fraction of sp³-hybridized carbons (Fsp3) is 0.167. The van der Waals surface area contributed by atoms with E-state index in [1.807, 2.05) is 0 Å². The molecule has 5 nitrogen and oxygen atoms in total. The van der Waals surface area contributed by atoms with E-state index in [0.717, 1.165) is 0 Å². The van der Waals surface area contributed by atoms with E-state index >= 15 is 0 Å². The molecule has 0 saturated carbocycles. The van der Waals surface area contributed by atoms with Crippen LogP contribution < -0.4 is 0 Å². The standard InChI is InChI=1S/C6H4ClN3O2/c7-3-5-8-6(12-10-5)4-1-2-11-9-4/h1-2H,3H2. The van der Waals surface area contributed by atoms with E-state index < -0.39 is 0 Å². The molecule has 62 valence electrons. The van der Waals surface area contributed by atoms with E-state index in [9.17, 15) is 0 Å². The van der Waals surface area contributed by atoms with Crippen LogP contribution in [0.3, 0.4) is 0 Å². The smallest absolute Gasteiger partial charge is 0.280 e. The van der Waals surface area contributed by atoms with Crippen LogP contribution in [0.4, 0.5) is 0 Å². The third kappa shape index (κ3) is 1.18. The summed E-state index contributed by atoms with van der Waals surface area (Å²) < 4.78 is 9.43. The van der Waals surface area contributed by atoms with Crippen molar-refractivity contribution in [1.82, 2.24) is 15.3 Å². The Kier molecular flexibility index (Phi) is 1.79. The van der Waals surface area contributed by atoms with Gasteiger partial charge in [-0.2, -0.15) is 4.98 Å². The highest BCUT2D eigenvalue weighted by Crippen LogP contribution is 2.14. The van der Waals surface area contributed by atoms with Crippen LogP contribution in [0.15, 0.2) is 21.4 Å². The van der Waals surface area contributed by atoms with Gasteiger partial charge in [-0.05, 0) is 0 Å². The number of alkyl halides is 1. The molecule has 0 saturated heterocycles. The molecule has 0 unspecified atom stereocenters. The lowest BCUT2D eigenvalue weighted by Crippen LogP contribution is -1.80. The maximum atomic E-state index is 5.47. The Balaban J connectivity index is 2.35. The maximum Gasteiger partial charge on any atom is 0.280 e. The SMILES string of the molecule is ClCc1noc(-c2ccon2)n1. The molecule has 0 aliphatic rings. The maximum absolute atomic E-state index is 5.47. The molecule has 0 spiro atoms. The Labute approximate surface area is 72.3 Å². The Bertz CT molecular complexity index is 357. The topological polar surface area (TPSA) is 65.0 Å². The Morgan fingerprint density at radius 1 is 1.42 bits per heavy atom. The lowest BCUT2D eigenvalue weighted by atomic mass is 10.4. The van der Waals surface area contributed by atoms with Crippen LogP contribution in [-0.4, -0.2) is 15.3 Å². The quantitative estimate of drug-likeness (QED) is 0.663. The Morgan fingerprint density at radius 3 is 2.92 bits per heavy atom. The molecule has 12 heavy (non-hydrogen) atoms. The molecule has 2 rings (SSSR count). The predicted molar refractivity (Wildman–Crippen MR) is 39.4 cm³/mol. The lowest BCUT2D eigenvalue weighted by Gasteiger charge is -1.78. The van der Waals surface area contributed by atoms with E-state index in [-0.39, 0.29) is 5.88 Å².